The van der Waals surface area contributed by atoms with Gasteiger partial charge in [0.1, 0.15) is 5.75 Å². The van der Waals surface area contributed by atoms with Crippen LogP contribution in [0.4, 0.5) is 0 Å². The Morgan fingerprint density at radius 1 is 1.22 bits per heavy atom. The number of rotatable bonds is 2. The number of ketones is 1. The first-order chi connectivity index (χ1) is 8.39. The Morgan fingerprint density at radius 3 is 2.50 bits per heavy atom. The van der Waals surface area contributed by atoms with Crippen LogP contribution in [0.25, 0.3) is 0 Å². The van der Waals surface area contributed by atoms with E-state index in [1.807, 2.05) is 38.3 Å². The summed E-state index contributed by atoms with van der Waals surface area (Å²) in [4.78, 5) is 12.9. The molecule has 18 heavy (non-hydrogen) atoms. The molecule has 0 saturated carbocycles. The number of carbonyl (C=O) groups is 1. The molecule has 0 saturated heterocycles. The summed E-state index contributed by atoms with van der Waals surface area (Å²) < 4.78 is 0. The highest BCUT2D eigenvalue weighted by Gasteiger charge is 2.20. The summed E-state index contributed by atoms with van der Waals surface area (Å²) in [5.41, 5.74) is 1.24. The van der Waals surface area contributed by atoms with Crippen molar-refractivity contribution in [2.75, 3.05) is 0 Å². The van der Waals surface area contributed by atoms with Gasteiger partial charge in [-0.3, -0.25) is 4.79 Å². The van der Waals surface area contributed by atoms with E-state index in [2.05, 4.69) is 0 Å². The van der Waals surface area contributed by atoms with Crippen LogP contribution in [0.5, 0.6) is 5.75 Å². The van der Waals surface area contributed by atoms with Crippen molar-refractivity contribution in [3.63, 3.8) is 0 Å². The summed E-state index contributed by atoms with van der Waals surface area (Å²) in [6, 6.07) is 8.74. The highest BCUT2D eigenvalue weighted by Crippen LogP contribution is 2.32. The highest BCUT2D eigenvalue weighted by molar-refractivity contribution is 7.12. The normalized spacial score (nSPS) is 11.5. The van der Waals surface area contributed by atoms with E-state index in [0.29, 0.717) is 5.56 Å². The van der Waals surface area contributed by atoms with E-state index in [0.717, 1.165) is 10.4 Å². The van der Waals surface area contributed by atoms with Gasteiger partial charge in [-0.1, -0.05) is 26.8 Å². The van der Waals surface area contributed by atoms with Gasteiger partial charge in [0.25, 0.3) is 0 Å². The molecule has 0 aliphatic heterocycles. The van der Waals surface area contributed by atoms with E-state index in [1.54, 1.807) is 18.2 Å². The van der Waals surface area contributed by atoms with Crippen LogP contribution in [0.1, 0.15) is 41.6 Å². The van der Waals surface area contributed by atoms with Crippen LogP contribution in [0.15, 0.2) is 35.7 Å². The van der Waals surface area contributed by atoms with Crippen molar-refractivity contribution in [1.82, 2.24) is 0 Å². The number of phenols is 1. The van der Waals surface area contributed by atoms with Crippen LogP contribution >= 0.6 is 11.3 Å². The minimum Gasteiger partial charge on any atom is -0.508 e. The first-order valence-electron chi connectivity index (χ1n) is 5.81. The zero-order chi connectivity index (χ0) is 13.3. The molecule has 0 atom stereocenters. The van der Waals surface area contributed by atoms with Crippen LogP contribution in [-0.4, -0.2) is 10.9 Å². The topological polar surface area (TPSA) is 37.3 Å². The molecule has 0 spiro atoms. The predicted octanol–water partition coefficient (Wildman–Crippen LogP) is 3.98. The summed E-state index contributed by atoms with van der Waals surface area (Å²) >= 11 is 1.43. The lowest BCUT2D eigenvalue weighted by Gasteiger charge is -2.20. The minimum atomic E-state index is -0.185. The summed E-state index contributed by atoms with van der Waals surface area (Å²) in [6.07, 6.45) is 0. The van der Waals surface area contributed by atoms with Gasteiger partial charge in [-0.15, -0.1) is 11.3 Å². The molecular weight excluding hydrogens is 244 g/mol. The Labute approximate surface area is 111 Å². The van der Waals surface area contributed by atoms with Gasteiger partial charge in [0, 0.05) is 5.56 Å². The van der Waals surface area contributed by atoms with E-state index in [9.17, 15) is 9.90 Å². The Kier molecular flexibility index (Phi) is 3.26. The second kappa shape index (κ2) is 4.58. The fourth-order valence-electron chi connectivity index (χ4n) is 1.83. The number of thiophene rings is 1. The molecule has 0 radical (unpaired) electrons. The average molecular weight is 260 g/mol. The second-order valence-electron chi connectivity index (χ2n) is 5.29. The highest BCUT2D eigenvalue weighted by atomic mass is 32.1. The van der Waals surface area contributed by atoms with Crippen LogP contribution in [0, 0.1) is 0 Å². The third-order valence-electron chi connectivity index (χ3n) is 2.81. The molecule has 0 amide bonds. The number of hydrogen-bond acceptors (Lipinski definition) is 3. The fraction of sp³-hybridized carbons (Fsp3) is 0.267. The van der Waals surface area contributed by atoms with E-state index >= 15 is 0 Å². The van der Waals surface area contributed by atoms with Crippen molar-refractivity contribution in [3.05, 3.63) is 51.7 Å². The number of aromatic hydroxyl groups is 1. The maximum atomic E-state index is 12.2. The molecule has 2 rings (SSSR count). The zero-order valence-corrected chi connectivity index (χ0v) is 11.5. The van der Waals surface area contributed by atoms with E-state index in [4.69, 9.17) is 0 Å². The van der Waals surface area contributed by atoms with Gasteiger partial charge >= 0.3 is 0 Å². The molecule has 94 valence electrons. The molecule has 1 heterocycles. The predicted molar refractivity (Wildman–Crippen MR) is 74.6 cm³/mol. The van der Waals surface area contributed by atoms with E-state index in [1.165, 1.54) is 11.3 Å². The molecule has 0 aliphatic rings. The molecule has 0 unspecified atom stereocenters. The van der Waals surface area contributed by atoms with Crippen molar-refractivity contribution in [3.8, 4) is 5.75 Å². The molecule has 0 bridgehead atoms. The molecule has 1 aromatic heterocycles. The summed E-state index contributed by atoms with van der Waals surface area (Å²) in [5.74, 6) is 0.251. The maximum absolute atomic E-state index is 12.2. The zero-order valence-electron chi connectivity index (χ0n) is 10.7. The monoisotopic (exact) mass is 260 g/mol. The van der Waals surface area contributed by atoms with E-state index in [-0.39, 0.29) is 16.9 Å². The molecule has 1 aromatic carbocycles. The Morgan fingerprint density at radius 2 is 1.94 bits per heavy atom. The van der Waals surface area contributed by atoms with Gasteiger partial charge in [0.2, 0.25) is 5.78 Å². The van der Waals surface area contributed by atoms with Crippen LogP contribution in [0.3, 0.4) is 0 Å². The number of benzene rings is 1. The second-order valence-corrected chi connectivity index (χ2v) is 6.24. The third kappa shape index (κ3) is 2.46. The molecular formula is C15H16O2S. The smallest absolute Gasteiger partial charge is 0.202 e. The van der Waals surface area contributed by atoms with Crippen molar-refractivity contribution >= 4 is 17.1 Å². The Hall–Kier alpha value is -1.61. The van der Waals surface area contributed by atoms with Gasteiger partial charge in [-0.05, 0) is 40.6 Å². The summed E-state index contributed by atoms with van der Waals surface area (Å²) in [7, 11) is 0. The number of phenolic OH excluding ortho intramolecular Hbond substituents is 1. The van der Waals surface area contributed by atoms with Crippen molar-refractivity contribution in [2.45, 2.75) is 26.2 Å². The molecule has 1 N–H and O–H groups in total. The third-order valence-corrected chi connectivity index (χ3v) is 3.68. The molecule has 3 heteroatoms. The van der Waals surface area contributed by atoms with Crippen molar-refractivity contribution in [2.24, 2.45) is 0 Å². The van der Waals surface area contributed by atoms with Gasteiger partial charge in [-0.25, -0.2) is 0 Å². The van der Waals surface area contributed by atoms with Crippen molar-refractivity contribution < 1.29 is 9.90 Å². The van der Waals surface area contributed by atoms with Gasteiger partial charge in [-0.2, -0.15) is 0 Å². The number of hydrogen-bond donors (Lipinski definition) is 1. The maximum Gasteiger partial charge on any atom is 0.202 e. The minimum absolute atomic E-state index is 0.00972. The molecule has 2 nitrogen and oxygen atoms in total. The van der Waals surface area contributed by atoms with Gasteiger partial charge < -0.3 is 5.11 Å². The Bertz CT molecular complexity index is 563. The molecule has 2 aromatic rings. The lowest BCUT2D eigenvalue weighted by atomic mass is 9.85. The van der Waals surface area contributed by atoms with Gasteiger partial charge in [0.05, 0.1) is 4.88 Å². The van der Waals surface area contributed by atoms with E-state index < -0.39 is 0 Å². The first kappa shape index (κ1) is 12.8. The molecule has 0 aliphatic carbocycles. The lowest BCUT2D eigenvalue weighted by molar-refractivity contribution is 0.104. The van der Waals surface area contributed by atoms with Crippen LogP contribution in [0.2, 0.25) is 0 Å². The standard InChI is InChI=1S/C15H16O2S/c1-15(2,3)11-9-10(6-7-12(11)16)14(17)13-5-4-8-18-13/h4-9,16H,1-3H3. The van der Waals surface area contributed by atoms with Crippen LogP contribution < -0.4 is 0 Å². The Balaban J connectivity index is 2.45. The average Bonchev–Trinajstić information content (AvgIpc) is 2.80. The van der Waals surface area contributed by atoms with Crippen LogP contribution in [-0.2, 0) is 5.41 Å². The SMILES string of the molecule is CC(C)(C)c1cc(C(=O)c2cccs2)ccc1O. The molecule has 0 fully saturated rings. The number of carbonyl (C=O) groups excluding carboxylic acids is 1. The summed E-state index contributed by atoms with van der Waals surface area (Å²) in [5, 5.41) is 11.8. The summed E-state index contributed by atoms with van der Waals surface area (Å²) in [6.45, 7) is 6.05. The lowest BCUT2D eigenvalue weighted by Crippen LogP contribution is -2.12. The van der Waals surface area contributed by atoms with Crippen molar-refractivity contribution in [1.29, 1.82) is 0 Å². The quantitative estimate of drug-likeness (QED) is 0.829. The fourth-order valence-corrected chi connectivity index (χ4v) is 2.51. The van der Waals surface area contributed by atoms with Gasteiger partial charge in [0.15, 0.2) is 0 Å². The first-order valence-corrected chi connectivity index (χ1v) is 6.69. The largest absolute Gasteiger partial charge is 0.508 e.